The summed E-state index contributed by atoms with van der Waals surface area (Å²) in [5.74, 6) is 0. The van der Waals surface area contributed by atoms with E-state index < -0.39 is 0 Å². The van der Waals surface area contributed by atoms with Crippen molar-refractivity contribution in [3.8, 4) is 44.5 Å². The highest BCUT2D eigenvalue weighted by molar-refractivity contribution is 6.32. The first-order valence-electron chi connectivity index (χ1n) is 21.9. The van der Waals surface area contributed by atoms with E-state index in [1.807, 2.05) is 0 Å². The quantitative estimate of drug-likeness (QED) is 0.158. The molecular formula is C59H47N. The van der Waals surface area contributed by atoms with Gasteiger partial charge in [-0.3, -0.25) is 0 Å². The van der Waals surface area contributed by atoms with Gasteiger partial charge in [-0.25, -0.2) is 0 Å². The lowest BCUT2D eigenvalue weighted by atomic mass is 9.66. The van der Waals surface area contributed by atoms with Crippen molar-refractivity contribution in [3.05, 3.63) is 194 Å². The second-order valence-electron chi connectivity index (χ2n) is 17.8. The van der Waals surface area contributed by atoms with Crippen LogP contribution >= 0.6 is 0 Å². The Morgan fingerprint density at radius 2 is 0.917 bits per heavy atom. The first-order valence-corrected chi connectivity index (χ1v) is 21.9. The van der Waals surface area contributed by atoms with Crippen LogP contribution in [0.3, 0.4) is 0 Å². The lowest BCUT2D eigenvalue weighted by molar-refractivity contribution is 0.261. The van der Waals surface area contributed by atoms with Crippen molar-refractivity contribution in [2.75, 3.05) is 4.90 Å². The molecule has 288 valence electrons. The van der Waals surface area contributed by atoms with Gasteiger partial charge in [0.2, 0.25) is 0 Å². The highest BCUT2D eigenvalue weighted by Gasteiger charge is 2.56. The third-order valence-corrected chi connectivity index (χ3v) is 14.8. The molecule has 0 radical (unpaired) electrons. The number of benzene rings is 10. The molecule has 0 bridgehead atoms. The maximum atomic E-state index is 2.71. The molecule has 2 unspecified atom stereocenters. The van der Waals surface area contributed by atoms with E-state index in [-0.39, 0.29) is 11.0 Å². The smallest absolute Gasteiger partial charge is 0.0517 e. The topological polar surface area (TPSA) is 3.24 Å². The minimum Gasteiger partial charge on any atom is -0.334 e. The number of rotatable bonds is 5. The highest BCUT2D eigenvalue weighted by Crippen LogP contribution is 2.61. The number of para-hydroxylation sites is 1. The summed E-state index contributed by atoms with van der Waals surface area (Å²) in [4.78, 5) is 2.71. The van der Waals surface area contributed by atoms with Crippen LogP contribution in [0, 0.1) is 0 Å². The van der Waals surface area contributed by atoms with E-state index in [1.165, 1.54) is 137 Å². The van der Waals surface area contributed by atoms with Crippen LogP contribution in [-0.4, -0.2) is 5.54 Å². The summed E-state index contributed by atoms with van der Waals surface area (Å²) in [6.45, 7) is 5.12. The predicted molar refractivity (Wildman–Crippen MR) is 257 cm³/mol. The largest absolute Gasteiger partial charge is 0.334 e. The normalized spacial score (nSPS) is 18.9. The molecule has 1 aliphatic heterocycles. The molecule has 1 saturated carbocycles. The SMILES string of the molecule is CC12CCCCCC1(C)N(c1ccccc1)c1ccc(-c3cc(-c4ccccc4)c4ccc5c(-c6cccc7ccccc67)cc(-c6ccccc6)c6ccc3c4c65)cc12. The second kappa shape index (κ2) is 13.4. The Kier molecular flexibility index (Phi) is 7.88. The zero-order valence-electron chi connectivity index (χ0n) is 34.4. The van der Waals surface area contributed by atoms with E-state index in [4.69, 9.17) is 0 Å². The van der Waals surface area contributed by atoms with Crippen molar-refractivity contribution < 1.29 is 0 Å². The van der Waals surface area contributed by atoms with Gasteiger partial charge in [0.25, 0.3) is 0 Å². The number of anilines is 2. The van der Waals surface area contributed by atoms with Crippen molar-refractivity contribution >= 4 is 54.5 Å². The molecule has 1 aliphatic carbocycles. The van der Waals surface area contributed by atoms with Crippen LogP contribution in [0.5, 0.6) is 0 Å². The fourth-order valence-corrected chi connectivity index (χ4v) is 11.7. The highest BCUT2D eigenvalue weighted by atomic mass is 15.2. The second-order valence-corrected chi connectivity index (χ2v) is 17.8. The average Bonchev–Trinajstić information content (AvgIpc) is 3.37. The number of hydrogen-bond acceptors (Lipinski definition) is 1. The van der Waals surface area contributed by atoms with E-state index in [9.17, 15) is 0 Å². The minimum absolute atomic E-state index is 0.00861. The Morgan fingerprint density at radius 1 is 0.383 bits per heavy atom. The Morgan fingerprint density at radius 3 is 1.58 bits per heavy atom. The minimum atomic E-state index is -0.0183. The van der Waals surface area contributed by atoms with Crippen molar-refractivity contribution in [3.63, 3.8) is 0 Å². The molecule has 0 amide bonds. The molecule has 0 aromatic heterocycles. The summed E-state index contributed by atoms with van der Waals surface area (Å²) in [6, 6.07) is 70.9. The van der Waals surface area contributed by atoms with Gasteiger partial charge in [0.1, 0.15) is 0 Å². The first-order chi connectivity index (χ1) is 29.5. The van der Waals surface area contributed by atoms with Crippen LogP contribution in [-0.2, 0) is 5.41 Å². The Balaban J connectivity index is 1.19. The number of hydrogen-bond donors (Lipinski definition) is 0. The molecule has 0 saturated heterocycles. The van der Waals surface area contributed by atoms with E-state index in [0.717, 1.165) is 0 Å². The molecule has 12 rings (SSSR count). The van der Waals surface area contributed by atoms with E-state index >= 15 is 0 Å². The maximum Gasteiger partial charge on any atom is 0.0517 e. The van der Waals surface area contributed by atoms with Gasteiger partial charge >= 0.3 is 0 Å². The first kappa shape index (κ1) is 35.3. The number of fused-ring (bicyclic) bond motifs is 4. The molecule has 0 N–H and O–H groups in total. The zero-order chi connectivity index (χ0) is 40.0. The standard InChI is InChI=1S/C59H47N/c1-58-34-15-6-16-35-59(58,2)60(43-24-11-5-12-25-43)55-33-28-42(36-54(55)58)52-37-50(40-18-7-3-8-19-40)46-31-32-49-53(45-27-17-23-39-22-13-14-26-44(39)45)38-51(41-20-9-4-10-21-41)47-29-30-48(52)56(46)57(47)49/h3-5,7-14,17-33,36-38H,6,15-16,34-35H2,1-2H3. The Hall–Kier alpha value is -6.70. The van der Waals surface area contributed by atoms with E-state index in [2.05, 4.69) is 207 Å². The van der Waals surface area contributed by atoms with Gasteiger partial charge in [-0.1, -0.05) is 178 Å². The molecular weight excluding hydrogens is 723 g/mol. The van der Waals surface area contributed by atoms with Gasteiger partial charge in [-0.15, -0.1) is 0 Å². The summed E-state index contributed by atoms with van der Waals surface area (Å²) < 4.78 is 0. The molecule has 2 atom stereocenters. The molecule has 1 heterocycles. The molecule has 10 aromatic rings. The molecule has 1 fully saturated rings. The molecule has 60 heavy (non-hydrogen) atoms. The van der Waals surface area contributed by atoms with Crippen LogP contribution < -0.4 is 4.90 Å². The fourth-order valence-electron chi connectivity index (χ4n) is 11.7. The van der Waals surface area contributed by atoms with Crippen LogP contribution in [0.2, 0.25) is 0 Å². The molecule has 0 spiro atoms. The van der Waals surface area contributed by atoms with Crippen LogP contribution in [0.15, 0.2) is 188 Å². The number of nitrogens with zero attached hydrogens (tertiary/aromatic N) is 1. The monoisotopic (exact) mass is 769 g/mol. The van der Waals surface area contributed by atoms with Crippen molar-refractivity contribution in [1.29, 1.82) is 0 Å². The fraction of sp³-hybridized carbons (Fsp3) is 0.153. The van der Waals surface area contributed by atoms with Gasteiger partial charge < -0.3 is 4.90 Å². The Labute approximate surface area is 352 Å². The predicted octanol–water partition coefficient (Wildman–Crippen LogP) is 16.5. The summed E-state index contributed by atoms with van der Waals surface area (Å²) in [5.41, 5.74) is 14.3. The third-order valence-electron chi connectivity index (χ3n) is 14.8. The summed E-state index contributed by atoms with van der Waals surface area (Å²) in [7, 11) is 0. The Bertz CT molecular complexity index is 3250. The summed E-state index contributed by atoms with van der Waals surface area (Å²) in [5, 5.41) is 10.4. The van der Waals surface area contributed by atoms with Crippen LogP contribution in [0.4, 0.5) is 11.4 Å². The lowest BCUT2D eigenvalue weighted by Crippen LogP contribution is -2.52. The van der Waals surface area contributed by atoms with E-state index in [0.29, 0.717) is 0 Å². The van der Waals surface area contributed by atoms with Crippen molar-refractivity contribution in [2.45, 2.75) is 56.9 Å². The third kappa shape index (κ3) is 5.05. The van der Waals surface area contributed by atoms with Gasteiger partial charge in [0, 0.05) is 16.8 Å². The van der Waals surface area contributed by atoms with Gasteiger partial charge in [0.05, 0.1) is 5.54 Å². The maximum absolute atomic E-state index is 2.71. The lowest BCUT2D eigenvalue weighted by Gasteiger charge is -2.46. The van der Waals surface area contributed by atoms with Crippen molar-refractivity contribution in [1.82, 2.24) is 0 Å². The molecule has 2 aliphatic rings. The van der Waals surface area contributed by atoms with Gasteiger partial charge in [-0.05, 0) is 149 Å². The van der Waals surface area contributed by atoms with Gasteiger partial charge in [0.15, 0.2) is 0 Å². The van der Waals surface area contributed by atoms with Gasteiger partial charge in [-0.2, -0.15) is 0 Å². The van der Waals surface area contributed by atoms with Crippen LogP contribution in [0.1, 0.15) is 51.5 Å². The van der Waals surface area contributed by atoms with Crippen LogP contribution in [0.25, 0.3) is 87.6 Å². The van der Waals surface area contributed by atoms with Crippen molar-refractivity contribution in [2.24, 2.45) is 0 Å². The molecule has 10 aromatic carbocycles. The summed E-state index contributed by atoms with van der Waals surface area (Å²) in [6.07, 6.45) is 6.19. The van der Waals surface area contributed by atoms with E-state index in [1.54, 1.807) is 0 Å². The molecule has 1 nitrogen and oxygen atoms in total. The zero-order valence-corrected chi connectivity index (χ0v) is 34.4. The average molecular weight is 770 g/mol. The summed E-state index contributed by atoms with van der Waals surface area (Å²) >= 11 is 0. The molecule has 1 heteroatoms.